The second-order valence-electron chi connectivity index (χ2n) is 7.71. The van der Waals surface area contributed by atoms with Crippen molar-refractivity contribution >= 4 is 11.6 Å². The van der Waals surface area contributed by atoms with Crippen LogP contribution in [0.1, 0.15) is 18.4 Å². The van der Waals surface area contributed by atoms with E-state index in [9.17, 15) is 4.79 Å². The molecule has 0 bridgehead atoms. The van der Waals surface area contributed by atoms with E-state index in [1.807, 2.05) is 55.5 Å². The van der Waals surface area contributed by atoms with Crippen LogP contribution in [0.25, 0.3) is 0 Å². The third-order valence-electron chi connectivity index (χ3n) is 5.40. The third-order valence-corrected chi connectivity index (χ3v) is 5.40. The molecule has 1 N–H and O–H groups in total. The molecule has 2 aromatic rings. The number of hydrogen-bond acceptors (Lipinski definition) is 5. The minimum atomic E-state index is -0.0495. The number of anilines is 1. The lowest BCUT2D eigenvalue weighted by Crippen LogP contribution is -2.41. The fraction of sp³-hybridized carbons (Fsp3) is 0.435. The molecule has 2 fully saturated rings. The van der Waals surface area contributed by atoms with Crippen LogP contribution in [-0.4, -0.2) is 49.9 Å². The summed E-state index contributed by atoms with van der Waals surface area (Å²) < 4.78 is 17.1. The SMILES string of the molecule is Cc1cccc(Oc2ccc(NC(=O)CN3CCC(C4OCCO4)CC3)cc2)c1. The number of nitrogens with zero attached hydrogens (tertiary/aromatic N) is 1. The average molecular weight is 396 g/mol. The van der Waals surface area contributed by atoms with E-state index in [2.05, 4.69) is 10.2 Å². The molecule has 0 spiro atoms. The first kappa shape index (κ1) is 19.9. The van der Waals surface area contributed by atoms with E-state index in [0.717, 1.165) is 48.7 Å². The first-order valence-corrected chi connectivity index (χ1v) is 10.3. The van der Waals surface area contributed by atoms with Crippen molar-refractivity contribution in [2.24, 2.45) is 5.92 Å². The normalized spacial score (nSPS) is 18.7. The Kier molecular flexibility index (Phi) is 6.44. The standard InChI is InChI=1S/C23H28N2O4/c1-17-3-2-4-21(15-17)29-20-7-5-19(6-8-20)24-22(26)16-25-11-9-18(10-12-25)23-27-13-14-28-23/h2-8,15,18,23H,9-14,16H2,1H3,(H,24,26). The maximum atomic E-state index is 12.4. The Labute approximate surface area is 171 Å². The Balaban J connectivity index is 1.22. The molecule has 2 heterocycles. The smallest absolute Gasteiger partial charge is 0.238 e. The van der Waals surface area contributed by atoms with Crippen molar-refractivity contribution in [3.63, 3.8) is 0 Å². The fourth-order valence-electron chi connectivity index (χ4n) is 3.86. The van der Waals surface area contributed by atoms with Gasteiger partial charge in [-0.1, -0.05) is 12.1 Å². The fourth-order valence-corrected chi connectivity index (χ4v) is 3.86. The molecule has 2 aliphatic rings. The van der Waals surface area contributed by atoms with E-state index in [-0.39, 0.29) is 12.2 Å². The van der Waals surface area contributed by atoms with Gasteiger partial charge in [-0.25, -0.2) is 0 Å². The summed E-state index contributed by atoms with van der Waals surface area (Å²) >= 11 is 0. The molecule has 2 saturated heterocycles. The van der Waals surface area contributed by atoms with Crippen LogP contribution >= 0.6 is 0 Å². The molecule has 4 rings (SSSR count). The predicted molar refractivity (Wildman–Crippen MR) is 111 cm³/mol. The van der Waals surface area contributed by atoms with Gasteiger partial charge >= 0.3 is 0 Å². The predicted octanol–water partition coefficient (Wildman–Crippen LogP) is 3.81. The van der Waals surface area contributed by atoms with Crippen molar-refractivity contribution in [2.75, 3.05) is 38.2 Å². The van der Waals surface area contributed by atoms with Crippen LogP contribution in [0.15, 0.2) is 48.5 Å². The van der Waals surface area contributed by atoms with Gasteiger partial charge in [0.05, 0.1) is 19.8 Å². The molecule has 1 amide bonds. The maximum absolute atomic E-state index is 12.4. The number of piperidine rings is 1. The second-order valence-corrected chi connectivity index (χ2v) is 7.71. The Morgan fingerprint density at radius 3 is 2.48 bits per heavy atom. The van der Waals surface area contributed by atoms with E-state index in [0.29, 0.717) is 25.7 Å². The van der Waals surface area contributed by atoms with Crippen LogP contribution in [0, 0.1) is 12.8 Å². The van der Waals surface area contributed by atoms with Gasteiger partial charge in [-0.15, -0.1) is 0 Å². The monoisotopic (exact) mass is 396 g/mol. The molecule has 0 unspecified atom stereocenters. The summed E-state index contributed by atoms with van der Waals surface area (Å²) in [5, 5.41) is 2.97. The van der Waals surface area contributed by atoms with E-state index >= 15 is 0 Å². The van der Waals surface area contributed by atoms with Crippen molar-refractivity contribution in [1.29, 1.82) is 0 Å². The lowest BCUT2D eigenvalue weighted by atomic mass is 9.96. The molecule has 6 heteroatoms. The molecular formula is C23H28N2O4. The highest BCUT2D eigenvalue weighted by atomic mass is 16.7. The van der Waals surface area contributed by atoms with Crippen LogP contribution in [0.3, 0.4) is 0 Å². The van der Waals surface area contributed by atoms with Gasteiger partial charge in [-0.2, -0.15) is 0 Å². The van der Waals surface area contributed by atoms with E-state index in [1.54, 1.807) is 0 Å². The van der Waals surface area contributed by atoms with Crippen molar-refractivity contribution in [3.8, 4) is 11.5 Å². The Morgan fingerprint density at radius 1 is 1.07 bits per heavy atom. The lowest BCUT2D eigenvalue weighted by molar-refractivity contribution is -0.119. The summed E-state index contributed by atoms with van der Waals surface area (Å²) in [7, 11) is 0. The van der Waals surface area contributed by atoms with Gasteiger partial charge in [-0.05, 0) is 74.8 Å². The molecule has 0 saturated carbocycles. The van der Waals surface area contributed by atoms with Gasteiger partial charge in [0.25, 0.3) is 0 Å². The zero-order valence-corrected chi connectivity index (χ0v) is 16.8. The number of hydrogen-bond donors (Lipinski definition) is 1. The second kappa shape index (κ2) is 9.39. The van der Waals surface area contributed by atoms with Crippen molar-refractivity contribution in [1.82, 2.24) is 4.90 Å². The lowest BCUT2D eigenvalue weighted by Gasteiger charge is -2.33. The molecule has 0 aliphatic carbocycles. The molecule has 2 aliphatic heterocycles. The number of carbonyl (C=O) groups is 1. The summed E-state index contributed by atoms with van der Waals surface area (Å²) in [6.45, 7) is 5.62. The number of carbonyl (C=O) groups excluding carboxylic acids is 1. The molecule has 0 atom stereocenters. The highest BCUT2D eigenvalue weighted by Crippen LogP contribution is 2.26. The van der Waals surface area contributed by atoms with Crippen molar-refractivity contribution < 1.29 is 19.0 Å². The minimum absolute atomic E-state index is 0.00386. The van der Waals surface area contributed by atoms with Gasteiger partial charge in [0, 0.05) is 11.6 Å². The zero-order chi connectivity index (χ0) is 20.1. The highest BCUT2D eigenvalue weighted by Gasteiger charge is 2.30. The number of ether oxygens (including phenoxy) is 3. The van der Waals surface area contributed by atoms with E-state index in [4.69, 9.17) is 14.2 Å². The number of nitrogens with one attached hydrogen (secondary N) is 1. The summed E-state index contributed by atoms with van der Waals surface area (Å²) in [6, 6.07) is 15.4. The topological polar surface area (TPSA) is 60.0 Å². The van der Waals surface area contributed by atoms with Gasteiger partial charge < -0.3 is 19.5 Å². The largest absolute Gasteiger partial charge is 0.457 e. The Hall–Kier alpha value is -2.41. The number of likely N-dealkylation sites (tertiary alicyclic amines) is 1. The summed E-state index contributed by atoms with van der Waals surface area (Å²) in [4.78, 5) is 14.6. The van der Waals surface area contributed by atoms with E-state index in [1.165, 1.54) is 0 Å². The van der Waals surface area contributed by atoms with Crippen LogP contribution in [-0.2, 0) is 14.3 Å². The van der Waals surface area contributed by atoms with Gasteiger partial charge in [0.2, 0.25) is 5.91 Å². The van der Waals surface area contributed by atoms with E-state index < -0.39 is 0 Å². The number of aryl methyl sites for hydroxylation is 1. The summed E-state index contributed by atoms with van der Waals surface area (Å²) in [5.41, 5.74) is 1.92. The van der Waals surface area contributed by atoms with Gasteiger partial charge in [-0.3, -0.25) is 9.69 Å². The maximum Gasteiger partial charge on any atom is 0.238 e. The van der Waals surface area contributed by atoms with Crippen LogP contribution in [0.2, 0.25) is 0 Å². The average Bonchev–Trinajstić information content (AvgIpc) is 3.25. The molecule has 154 valence electrons. The van der Waals surface area contributed by atoms with Crippen LogP contribution in [0.5, 0.6) is 11.5 Å². The molecule has 29 heavy (non-hydrogen) atoms. The van der Waals surface area contributed by atoms with Gasteiger partial charge in [0.15, 0.2) is 6.29 Å². The highest BCUT2D eigenvalue weighted by molar-refractivity contribution is 5.92. The Morgan fingerprint density at radius 2 is 1.79 bits per heavy atom. The summed E-state index contributed by atoms with van der Waals surface area (Å²) in [5.74, 6) is 1.99. The van der Waals surface area contributed by atoms with Crippen molar-refractivity contribution in [2.45, 2.75) is 26.1 Å². The number of rotatable bonds is 6. The Bertz CT molecular complexity index is 810. The number of amides is 1. The molecule has 0 aromatic heterocycles. The molecule has 0 radical (unpaired) electrons. The van der Waals surface area contributed by atoms with Gasteiger partial charge in [0.1, 0.15) is 11.5 Å². The van der Waals surface area contributed by atoms with Crippen molar-refractivity contribution in [3.05, 3.63) is 54.1 Å². The minimum Gasteiger partial charge on any atom is -0.457 e. The first-order valence-electron chi connectivity index (χ1n) is 10.3. The first-order chi connectivity index (χ1) is 14.2. The third kappa shape index (κ3) is 5.56. The molecular weight excluding hydrogens is 368 g/mol. The number of benzene rings is 2. The zero-order valence-electron chi connectivity index (χ0n) is 16.8. The molecule has 6 nitrogen and oxygen atoms in total. The molecule has 2 aromatic carbocycles. The van der Waals surface area contributed by atoms with Crippen LogP contribution in [0.4, 0.5) is 5.69 Å². The summed E-state index contributed by atoms with van der Waals surface area (Å²) in [6.07, 6.45) is 1.96. The quantitative estimate of drug-likeness (QED) is 0.805. The van der Waals surface area contributed by atoms with Crippen LogP contribution < -0.4 is 10.1 Å².